The zero-order valence-electron chi connectivity index (χ0n) is 10.5. The minimum atomic E-state index is -0.402. The van der Waals surface area contributed by atoms with Crippen LogP contribution >= 0.6 is 0 Å². The van der Waals surface area contributed by atoms with Crippen LogP contribution in [0.4, 0.5) is 0 Å². The predicted octanol–water partition coefficient (Wildman–Crippen LogP) is 2.58. The van der Waals surface area contributed by atoms with Crippen molar-refractivity contribution < 1.29 is 5.11 Å². The first kappa shape index (κ1) is 12.0. The minimum absolute atomic E-state index is 0.133. The highest BCUT2D eigenvalue weighted by molar-refractivity contribution is 5.80. The maximum absolute atomic E-state index is 10.1. The van der Waals surface area contributed by atoms with E-state index in [0.717, 1.165) is 16.6 Å². The van der Waals surface area contributed by atoms with Gasteiger partial charge in [-0.3, -0.25) is 0 Å². The molecule has 0 aliphatic carbocycles. The van der Waals surface area contributed by atoms with Crippen LogP contribution in [0.15, 0.2) is 30.6 Å². The van der Waals surface area contributed by atoms with Crippen molar-refractivity contribution >= 4 is 10.9 Å². The van der Waals surface area contributed by atoms with Crippen LogP contribution in [0.5, 0.6) is 0 Å². The molecular weight excluding hydrogens is 212 g/mol. The molecule has 0 saturated carbocycles. The summed E-state index contributed by atoms with van der Waals surface area (Å²) in [6, 6.07) is 7.89. The molecule has 2 aromatic rings. The highest BCUT2D eigenvalue weighted by atomic mass is 16.3. The Hall–Kier alpha value is -1.48. The van der Waals surface area contributed by atoms with Gasteiger partial charge in [0.05, 0.1) is 17.3 Å². The number of hydrogen-bond acceptors (Lipinski definition) is 3. The lowest BCUT2D eigenvalue weighted by molar-refractivity contribution is 0.0630. The van der Waals surface area contributed by atoms with Crippen molar-refractivity contribution in [2.45, 2.75) is 33.3 Å². The smallest absolute Gasteiger partial charge is 0.116 e. The summed E-state index contributed by atoms with van der Waals surface area (Å²) >= 11 is 0. The van der Waals surface area contributed by atoms with E-state index < -0.39 is 6.10 Å². The van der Waals surface area contributed by atoms with Gasteiger partial charge in [0.2, 0.25) is 0 Å². The summed E-state index contributed by atoms with van der Waals surface area (Å²) < 4.78 is 0. The molecule has 2 rings (SSSR count). The molecule has 1 aromatic heterocycles. The molecular formula is C14H18N2O. The van der Waals surface area contributed by atoms with Crippen molar-refractivity contribution in [1.82, 2.24) is 9.97 Å². The first-order valence-electron chi connectivity index (χ1n) is 5.85. The number of hydrogen-bond donors (Lipinski definition) is 1. The number of aromatic nitrogens is 2. The molecule has 90 valence electrons. The van der Waals surface area contributed by atoms with E-state index in [-0.39, 0.29) is 5.41 Å². The van der Waals surface area contributed by atoms with Crippen LogP contribution in [0.2, 0.25) is 0 Å². The molecule has 0 amide bonds. The molecule has 3 nitrogen and oxygen atoms in total. The van der Waals surface area contributed by atoms with Gasteiger partial charge in [0.1, 0.15) is 6.33 Å². The Kier molecular flexibility index (Phi) is 3.11. The summed E-state index contributed by atoms with van der Waals surface area (Å²) in [6.07, 6.45) is 1.72. The number of aliphatic hydroxyl groups excluding tert-OH is 1. The Morgan fingerprint density at radius 1 is 1.18 bits per heavy atom. The summed E-state index contributed by atoms with van der Waals surface area (Å²) in [5.41, 5.74) is 1.71. The number of rotatable bonds is 2. The monoisotopic (exact) mass is 230 g/mol. The molecule has 1 atom stereocenters. The van der Waals surface area contributed by atoms with E-state index in [1.807, 2.05) is 45.0 Å². The summed E-state index contributed by atoms with van der Waals surface area (Å²) in [7, 11) is 0. The fourth-order valence-corrected chi connectivity index (χ4v) is 1.71. The molecule has 3 heteroatoms. The lowest BCUT2D eigenvalue weighted by Crippen LogP contribution is -2.28. The molecule has 1 heterocycles. The van der Waals surface area contributed by atoms with Gasteiger partial charge in [0, 0.05) is 11.8 Å². The molecule has 0 aliphatic rings. The second-order valence-electron chi connectivity index (χ2n) is 5.42. The van der Waals surface area contributed by atoms with Gasteiger partial charge in [-0.2, -0.15) is 0 Å². The maximum Gasteiger partial charge on any atom is 0.116 e. The van der Waals surface area contributed by atoms with Crippen LogP contribution in [0.25, 0.3) is 10.9 Å². The summed E-state index contributed by atoms with van der Waals surface area (Å²) in [5.74, 6) is 0. The predicted molar refractivity (Wildman–Crippen MR) is 68.7 cm³/mol. The number of fused-ring (bicyclic) bond motifs is 1. The van der Waals surface area contributed by atoms with Crippen LogP contribution in [0.3, 0.4) is 0 Å². The molecule has 0 bridgehead atoms. The molecule has 1 N–H and O–H groups in total. The maximum atomic E-state index is 10.1. The average molecular weight is 230 g/mol. The van der Waals surface area contributed by atoms with E-state index >= 15 is 0 Å². The number of aliphatic hydroxyl groups is 1. The molecule has 17 heavy (non-hydrogen) atoms. The summed E-state index contributed by atoms with van der Waals surface area (Å²) in [4.78, 5) is 8.51. The summed E-state index contributed by atoms with van der Waals surface area (Å²) in [6.45, 7) is 6.09. The zero-order chi connectivity index (χ0) is 12.5. The Bertz CT molecular complexity index is 512. The van der Waals surface area contributed by atoms with Crippen LogP contribution < -0.4 is 0 Å². The topological polar surface area (TPSA) is 46.0 Å². The Morgan fingerprint density at radius 2 is 1.88 bits per heavy atom. The molecule has 0 aliphatic heterocycles. The second-order valence-corrected chi connectivity index (χ2v) is 5.42. The highest BCUT2D eigenvalue weighted by Crippen LogP contribution is 2.24. The van der Waals surface area contributed by atoms with Gasteiger partial charge in [0.15, 0.2) is 0 Å². The van der Waals surface area contributed by atoms with Crippen LogP contribution in [-0.2, 0) is 6.42 Å². The van der Waals surface area contributed by atoms with E-state index in [9.17, 15) is 5.11 Å². The van der Waals surface area contributed by atoms with Gasteiger partial charge in [0.25, 0.3) is 0 Å². The first-order valence-corrected chi connectivity index (χ1v) is 5.85. The largest absolute Gasteiger partial charge is 0.392 e. The van der Waals surface area contributed by atoms with Crippen molar-refractivity contribution in [2.75, 3.05) is 0 Å². The van der Waals surface area contributed by atoms with Gasteiger partial charge in [-0.05, 0) is 11.5 Å². The Morgan fingerprint density at radius 3 is 2.59 bits per heavy atom. The van der Waals surface area contributed by atoms with E-state index in [4.69, 9.17) is 0 Å². The van der Waals surface area contributed by atoms with Gasteiger partial charge in [-0.25, -0.2) is 9.97 Å². The number of para-hydroxylation sites is 1. The normalized spacial score (nSPS) is 13.9. The van der Waals surface area contributed by atoms with Gasteiger partial charge in [-0.1, -0.05) is 39.0 Å². The average Bonchev–Trinajstić information content (AvgIpc) is 2.28. The van der Waals surface area contributed by atoms with Crippen molar-refractivity contribution in [1.29, 1.82) is 0 Å². The van der Waals surface area contributed by atoms with Gasteiger partial charge >= 0.3 is 0 Å². The molecule has 1 aromatic carbocycles. The van der Waals surface area contributed by atoms with Crippen LogP contribution in [0.1, 0.15) is 26.5 Å². The third kappa shape index (κ3) is 2.61. The first-order chi connectivity index (χ1) is 7.98. The molecule has 0 saturated heterocycles. The number of nitrogens with zero attached hydrogens (tertiary/aromatic N) is 2. The van der Waals surface area contributed by atoms with E-state index in [1.54, 1.807) is 6.33 Å². The zero-order valence-corrected chi connectivity index (χ0v) is 10.5. The lowest BCUT2D eigenvalue weighted by atomic mass is 9.86. The fraction of sp³-hybridized carbons (Fsp3) is 0.429. The van der Waals surface area contributed by atoms with Crippen molar-refractivity contribution in [3.8, 4) is 0 Å². The third-order valence-electron chi connectivity index (χ3n) is 3.01. The van der Waals surface area contributed by atoms with E-state index in [0.29, 0.717) is 6.42 Å². The summed E-state index contributed by atoms with van der Waals surface area (Å²) in [5, 5.41) is 11.2. The minimum Gasteiger partial charge on any atom is -0.392 e. The van der Waals surface area contributed by atoms with E-state index in [1.165, 1.54) is 0 Å². The standard InChI is InChI=1S/C14H18N2O/c1-14(2,3)13(17)8-12-10-6-4-5-7-11(10)15-9-16-12/h4-7,9,13,17H,8H2,1-3H3. The number of benzene rings is 1. The molecule has 0 radical (unpaired) electrons. The van der Waals surface area contributed by atoms with Crippen molar-refractivity contribution in [3.05, 3.63) is 36.3 Å². The van der Waals surface area contributed by atoms with Crippen molar-refractivity contribution in [3.63, 3.8) is 0 Å². The Balaban J connectivity index is 2.36. The van der Waals surface area contributed by atoms with E-state index in [2.05, 4.69) is 9.97 Å². The second kappa shape index (κ2) is 4.41. The van der Waals surface area contributed by atoms with Gasteiger partial charge in [-0.15, -0.1) is 0 Å². The fourth-order valence-electron chi connectivity index (χ4n) is 1.71. The van der Waals surface area contributed by atoms with Crippen LogP contribution in [-0.4, -0.2) is 21.2 Å². The third-order valence-corrected chi connectivity index (χ3v) is 3.01. The Labute approximate surface area is 102 Å². The molecule has 0 fully saturated rings. The SMILES string of the molecule is CC(C)(C)C(O)Cc1ncnc2ccccc12. The highest BCUT2D eigenvalue weighted by Gasteiger charge is 2.23. The molecule has 0 spiro atoms. The van der Waals surface area contributed by atoms with Gasteiger partial charge < -0.3 is 5.11 Å². The quantitative estimate of drug-likeness (QED) is 0.862. The van der Waals surface area contributed by atoms with Crippen molar-refractivity contribution in [2.24, 2.45) is 5.41 Å². The van der Waals surface area contributed by atoms with Crippen LogP contribution in [0, 0.1) is 5.41 Å². The molecule has 1 unspecified atom stereocenters. The lowest BCUT2D eigenvalue weighted by Gasteiger charge is -2.25.